The summed E-state index contributed by atoms with van der Waals surface area (Å²) in [6, 6.07) is 15.6. The van der Waals surface area contributed by atoms with E-state index >= 15 is 0 Å². The molecule has 2 aromatic carbocycles. The largest absolute Gasteiger partial charge is 0.352 e. The van der Waals surface area contributed by atoms with Crippen molar-refractivity contribution in [3.8, 4) is 0 Å². The third-order valence-corrected chi connectivity index (χ3v) is 4.44. The molecule has 0 aliphatic rings. The normalized spacial score (nSPS) is 10.7. The van der Waals surface area contributed by atoms with E-state index in [2.05, 4.69) is 19.2 Å². The molecule has 2 nitrogen and oxygen atoms in total. The summed E-state index contributed by atoms with van der Waals surface area (Å²) in [6.07, 6.45) is 0. The molecule has 2 aromatic rings. The Morgan fingerprint density at radius 2 is 1.73 bits per heavy atom. The van der Waals surface area contributed by atoms with Crippen LogP contribution in [0.3, 0.4) is 0 Å². The Hall–Kier alpha value is -1.45. The van der Waals surface area contributed by atoms with E-state index < -0.39 is 0 Å². The van der Waals surface area contributed by atoms with Gasteiger partial charge in [-0.1, -0.05) is 37.6 Å². The molecule has 1 amide bonds. The molecular formula is C18H20ClNOS. The Morgan fingerprint density at radius 1 is 1.09 bits per heavy atom. The fraction of sp³-hybridized carbons (Fsp3) is 0.278. The predicted molar refractivity (Wildman–Crippen MR) is 94.6 cm³/mol. The van der Waals surface area contributed by atoms with Crippen molar-refractivity contribution >= 4 is 29.3 Å². The SMILES string of the molecule is CC(C)CNC(=O)c1ccc(CSc2ccc(Cl)cc2)cc1. The highest BCUT2D eigenvalue weighted by Gasteiger charge is 2.06. The number of carbonyl (C=O) groups excluding carboxylic acids is 1. The van der Waals surface area contributed by atoms with E-state index in [-0.39, 0.29) is 5.91 Å². The van der Waals surface area contributed by atoms with E-state index in [1.807, 2.05) is 48.5 Å². The molecule has 0 spiro atoms. The number of carbonyl (C=O) groups is 1. The smallest absolute Gasteiger partial charge is 0.251 e. The second-order valence-corrected chi connectivity index (χ2v) is 7.03. The molecule has 0 atom stereocenters. The highest BCUT2D eigenvalue weighted by Crippen LogP contribution is 2.24. The zero-order chi connectivity index (χ0) is 15.9. The first kappa shape index (κ1) is 16.9. The lowest BCUT2D eigenvalue weighted by Gasteiger charge is -2.08. The number of halogens is 1. The Morgan fingerprint density at radius 3 is 2.32 bits per heavy atom. The Labute approximate surface area is 141 Å². The predicted octanol–water partition coefficient (Wildman–Crippen LogP) is 5.02. The van der Waals surface area contributed by atoms with Gasteiger partial charge in [0.1, 0.15) is 0 Å². The van der Waals surface area contributed by atoms with Crippen LogP contribution in [0.1, 0.15) is 29.8 Å². The minimum Gasteiger partial charge on any atom is -0.352 e. The number of benzene rings is 2. The number of nitrogens with one attached hydrogen (secondary N) is 1. The second kappa shape index (κ2) is 8.25. The van der Waals surface area contributed by atoms with Crippen molar-refractivity contribution in [3.63, 3.8) is 0 Å². The Kier molecular flexibility index (Phi) is 6.34. The molecule has 0 radical (unpaired) electrons. The van der Waals surface area contributed by atoms with E-state index in [0.717, 1.165) is 10.8 Å². The average molecular weight is 334 g/mol. The van der Waals surface area contributed by atoms with E-state index in [1.54, 1.807) is 11.8 Å². The van der Waals surface area contributed by atoms with Crippen LogP contribution in [0.2, 0.25) is 5.02 Å². The van der Waals surface area contributed by atoms with Crippen LogP contribution in [0.4, 0.5) is 0 Å². The van der Waals surface area contributed by atoms with Crippen LogP contribution in [0.5, 0.6) is 0 Å². The van der Waals surface area contributed by atoms with Gasteiger partial charge < -0.3 is 5.32 Å². The third kappa shape index (κ3) is 5.39. The molecule has 0 saturated heterocycles. The summed E-state index contributed by atoms with van der Waals surface area (Å²) in [5.41, 5.74) is 1.90. The molecule has 0 aliphatic carbocycles. The van der Waals surface area contributed by atoms with Crippen LogP contribution in [0, 0.1) is 5.92 Å². The first-order chi connectivity index (χ1) is 10.5. The summed E-state index contributed by atoms with van der Waals surface area (Å²) < 4.78 is 0. The number of hydrogen-bond acceptors (Lipinski definition) is 2. The number of thioether (sulfide) groups is 1. The average Bonchev–Trinajstić information content (AvgIpc) is 2.52. The molecule has 0 fully saturated rings. The van der Waals surface area contributed by atoms with Crippen molar-refractivity contribution in [1.29, 1.82) is 0 Å². The van der Waals surface area contributed by atoms with Gasteiger partial charge in [-0.25, -0.2) is 0 Å². The molecule has 116 valence electrons. The third-order valence-electron chi connectivity index (χ3n) is 3.11. The van der Waals surface area contributed by atoms with Crippen LogP contribution >= 0.6 is 23.4 Å². The highest BCUT2D eigenvalue weighted by atomic mass is 35.5. The zero-order valence-electron chi connectivity index (χ0n) is 12.8. The van der Waals surface area contributed by atoms with E-state index in [9.17, 15) is 4.79 Å². The minimum absolute atomic E-state index is 0.00870. The van der Waals surface area contributed by atoms with Crippen LogP contribution in [-0.4, -0.2) is 12.5 Å². The van der Waals surface area contributed by atoms with Gasteiger partial charge in [-0.05, 0) is 47.9 Å². The lowest BCUT2D eigenvalue weighted by atomic mass is 10.1. The van der Waals surface area contributed by atoms with Crippen molar-refractivity contribution in [2.24, 2.45) is 5.92 Å². The molecule has 0 saturated carbocycles. The van der Waals surface area contributed by atoms with Gasteiger partial charge >= 0.3 is 0 Å². The maximum Gasteiger partial charge on any atom is 0.251 e. The van der Waals surface area contributed by atoms with Gasteiger partial charge in [0.05, 0.1) is 0 Å². The molecule has 1 N–H and O–H groups in total. The summed E-state index contributed by atoms with van der Waals surface area (Å²) in [6.45, 7) is 4.86. The van der Waals surface area contributed by atoms with Crippen molar-refractivity contribution in [3.05, 3.63) is 64.7 Å². The summed E-state index contributed by atoms with van der Waals surface area (Å²) in [4.78, 5) is 13.1. The maximum atomic E-state index is 11.9. The van der Waals surface area contributed by atoms with Gasteiger partial charge in [0.25, 0.3) is 5.91 Å². The quantitative estimate of drug-likeness (QED) is 0.752. The summed E-state index contributed by atoms with van der Waals surface area (Å²) in [5, 5.41) is 3.68. The van der Waals surface area contributed by atoms with Crippen molar-refractivity contribution in [2.75, 3.05) is 6.54 Å². The molecule has 0 heterocycles. The van der Waals surface area contributed by atoms with Crippen LogP contribution in [0.15, 0.2) is 53.4 Å². The maximum absolute atomic E-state index is 11.9. The number of hydrogen-bond donors (Lipinski definition) is 1. The van der Waals surface area contributed by atoms with Gasteiger partial charge in [-0.3, -0.25) is 4.79 Å². The van der Waals surface area contributed by atoms with Gasteiger partial charge in [0.15, 0.2) is 0 Å². The van der Waals surface area contributed by atoms with Crippen LogP contribution in [0.25, 0.3) is 0 Å². The van der Waals surface area contributed by atoms with Crippen molar-refractivity contribution < 1.29 is 4.79 Å². The van der Waals surface area contributed by atoms with Crippen molar-refractivity contribution in [1.82, 2.24) is 5.32 Å². The Balaban J connectivity index is 1.88. The second-order valence-electron chi connectivity index (χ2n) is 5.54. The fourth-order valence-corrected chi connectivity index (χ4v) is 2.83. The molecule has 4 heteroatoms. The molecule has 22 heavy (non-hydrogen) atoms. The molecule has 2 rings (SSSR count). The molecule has 0 bridgehead atoms. The lowest BCUT2D eigenvalue weighted by molar-refractivity contribution is 0.0949. The van der Waals surface area contributed by atoms with Gasteiger partial charge in [-0.15, -0.1) is 11.8 Å². The minimum atomic E-state index is -0.00870. The summed E-state index contributed by atoms with van der Waals surface area (Å²) in [5.74, 6) is 1.32. The monoisotopic (exact) mass is 333 g/mol. The summed E-state index contributed by atoms with van der Waals surface area (Å²) in [7, 11) is 0. The van der Waals surface area contributed by atoms with Crippen LogP contribution in [-0.2, 0) is 5.75 Å². The zero-order valence-corrected chi connectivity index (χ0v) is 14.4. The van der Waals surface area contributed by atoms with E-state index in [1.165, 1.54) is 10.5 Å². The topological polar surface area (TPSA) is 29.1 Å². The summed E-state index contributed by atoms with van der Waals surface area (Å²) >= 11 is 7.63. The number of rotatable bonds is 6. The first-order valence-electron chi connectivity index (χ1n) is 7.30. The van der Waals surface area contributed by atoms with Gasteiger partial charge in [0.2, 0.25) is 0 Å². The van der Waals surface area contributed by atoms with Crippen LogP contribution < -0.4 is 5.32 Å². The standard InChI is InChI=1S/C18H20ClNOS/c1-13(2)11-20-18(21)15-5-3-14(4-6-15)12-22-17-9-7-16(19)8-10-17/h3-10,13H,11-12H2,1-2H3,(H,20,21). The van der Waals surface area contributed by atoms with Crippen molar-refractivity contribution in [2.45, 2.75) is 24.5 Å². The number of amides is 1. The molecular weight excluding hydrogens is 314 g/mol. The molecule has 0 aromatic heterocycles. The van der Waals surface area contributed by atoms with Gasteiger partial charge in [-0.2, -0.15) is 0 Å². The molecule has 0 aliphatic heterocycles. The molecule has 0 unspecified atom stereocenters. The van der Waals surface area contributed by atoms with E-state index in [4.69, 9.17) is 11.6 Å². The van der Waals surface area contributed by atoms with E-state index in [0.29, 0.717) is 18.0 Å². The van der Waals surface area contributed by atoms with Gasteiger partial charge in [0, 0.05) is 27.8 Å². The fourth-order valence-electron chi connectivity index (χ4n) is 1.85. The first-order valence-corrected chi connectivity index (χ1v) is 8.66. The Bertz CT molecular complexity index is 608. The lowest BCUT2D eigenvalue weighted by Crippen LogP contribution is -2.27. The highest BCUT2D eigenvalue weighted by molar-refractivity contribution is 7.98.